The van der Waals surface area contributed by atoms with Gasteiger partial charge in [0.05, 0.1) is 11.2 Å². The lowest BCUT2D eigenvalue weighted by Crippen LogP contribution is -2.21. The number of fused-ring (bicyclic) bond motifs is 10. The molecule has 0 saturated heterocycles. The summed E-state index contributed by atoms with van der Waals surface area (Å²) in [6.45, 7) is 0.898. The first-order chi connectivity index (χ1) is 17.8. The minimum Gasteiger partial charge on any atom is -0.456 e. The monoisotopic (exact) mass is 462 g/mol. The number of rotatable bonds is 1. The molecule has 36 heavy (non-hydrogen) atoms. The van der Waals surface area contributed by atoms with Crippen molar-refractivity contribution in [2.24, 2.45) is 0 Å². The van der Waals surface area contributed by atoms with Gasteiger partial charge in [0.1, 0.15) is 11.2 Å². The van der Waals surface area contributed by atoms with Gasteiger partial charge in [-0.05, 0) is 46.8 Å². The number of anilines is 1. The number of hydrogen-bond donors (Lipinski definition) is 0. The molecule has 0 saturated carbocycles. The van der Waals surface area contributed by atoms with Crippen molar-refractivity contribution in [2.75, 3.05) is 11.9 Å². The van der Waals surface area contributed by atoms with E-state index in [9.17, 15) is 0 Å². The molecule has 0 amide bonds. The number of para-hydroxylation sites is 2. The zero-order valence-electron chi connectivity index (χ0n) is 19.8. The Morgan fingerprint density at radius 2 is 1.47 bits per heavy atom. The molecule has 0 N–H and O–H groups in total. The molecule has 2 aromatic heterocycles. The Bertz CT molecular complexity index is 2000. The largest absolute Gasteiger partial charge is 0.456 e. The van der Waals surface area contributed by atoms with Crippen LogP contribution >= 0.6 is 0 Å². The van der Waals surface area contributed by atoms with E-state index in [1.165, 1.54) is 27.8 Å². The normalized spacial score (nSPS) is 13.0. The van der Waals surface area contributed by atoms with Crippen molar-refractivity contribution in [1.82, 2.24) is 4.98 Å². The second kappa shape index (κ2) is 7.19. The van der Waals surface area contributed by atoms with Crippen LogP contribution in [0.4, 0.5) is 5.69 Å². The van der Waals surface area contributed by atoms with E-state index in [0.29, 0.717) is 0 Å². The minimum absolute atomic E-state index is 0.894. The predicted molar refractivity (Wildman–Crippen MR) is 150 cm³/mol. The third-order valence-corrected chi connectivity index (χ3v) is 7.60. The molecule has 7 aromatic rings. The van der Waals surface area contributed by atoms with Crippen LogP contribution in [0, 0.1) is 0 Å². The number of hydrogen-bond acceptors (Lipinski definition) is 3. The first kappa shape index (κ1) is 19.7. The number of nitrogens with zero attached hydrogens (tertiary/aromatic N) is 2. The molecule has 1 aliphatic heterocycles. The van der Waals surface area contributed by atoms with Gasteiger partial charge in [0, 0.05) is 52.0 Å². The van der Waals surface area contributed by atoms with E-state index in [0.717, 1.165) is 56.0 Å². The van der Waals surface area contributed by atoms with Crippen molar-refractivity contribution in [2.45, 2.75) is 6.54 Å². The molecule has 3 heterocycles. The Morgan fingerprint density at radius 1 is 0.667 bits per heavy atom. The van der Waals surface area contributed by atoms with E-state index in [2.05, 4.69) is 103 Å². The van der Waals surface area contributed by atoms with Crippen LogP contribution in [-0.4, -0.2) is 12.0 Å². The molecule has 1 aliphatic rings. The molecular formula is C33H22N2O. The van der Waals surface area contributed by atoms with Crippen molar-refractivity contribution in [3.63, 3.8) is 0 Å². The quantitative estimate of drug-likeness (QED) is 0.229. The lowest BCUT2D eigenvalue weighted by Gasteiger charge is -2.30. The predicted octanol–water partition coefficient (Wildman–Crippen LogP) is 8.57. The SMILES string of the molecule is CN1Cc2ccccc2-c2ccc(-c3nc4ccccc4c4ccc5oc6ccccc6c5c34)cc21. The number of benzene rings is 5. The van der Waals surface area contributed by atoms with Gasteiger partial charge in [0.15, 0.2) is 0 Å². The van der Waals surface area contributed by atoms with Crippen molar-refractivity contribution in [1.29, 1.82) is 0 Å². The van der Waals surface area contributed by atoms with Gasteiger partial charge >= 0.3 is 0 Å². The highest BCUT2D eigenvalue weighted by atomic mass is 16.3. The fourth-order valence-electron chi connectivity index (χ4n) is 5.96. The van der Waals surface area contributed by atoms with Crippen LogP contribution in [0.3, 0.4) is 0 Å². The summed E-state index contributed by atoms with van der Waals surface area (Å²) in [5.41, 5.74) is 10.1. The Labute approximate surface area is 208 Å². The van der Waals surface area contributed by atoms with E-state index in [1.54, 1.807) is 0 Å². The Kier molecular flexibility index (Phi) is 3.92. The Hall–Kier alpha value is -4.63. The molecule has 0 atom stereocenters. The van der Waals surface area contributed by atoms with E-state index < -0.39 is 0 Å². The third kappa shape index (κ3) is 2.65. The van der Waals surface area contributed by atoms with Gasteiger partial charge in [-0.15, -0.1) is 0 Å². The number of pyridine rings is 1. The fourth-order valence-corrected chi connectivity index (χ4v) is 5.96. The molecular weight excluding hydrogens is 440 g/mol. The van der Waals surface area contributed by atoms with Gasteiger partial charge in [-0.1, -0.05) is 72.8 Å². The van der Waals surface area contributed by atoms with Crippen LogP contribution in [0.15, 0.2) is 108 Å². The highest BCUT2D eigenvalue weighted by Gasteiger charge is 2.22. The smallest absolute Gasteiger partial charge is 0.136 e. The van der Waals surface area contributed by atoms with Gasteiger partial charge in [-0.25, -0.2) is 4.98 Å². The van der Waals surface area contributed by atoms with Crippen LogP contribution in [0.2, 0.25) is 0 Å². The zero-order valence-corrected chi connectivity index (χ0v) is 19.8. The van der Waals surface area contributed by atoms with Crippen LogP contribution in [0.5, 0.6) is 0 Å². The highest BCUT2D eigenvalue weighted by molar-refractivity contribution is 6.26. The van der Waals surface area contributed by atoms with E-state index in [1.807, 2.05) is 12.1 Å². The molecule has 0 spiro atoms. The van der Waals surface area contributed by atoms with Crippen molar-refractivity contribution < 1.29 is 4.42 Å². The maximum Gasteiger partial charge on any atom is 0.136 e. The molecule has 5 aromatic carbocycles. The van der Waals surface area contributed by atoms with E-state index >= 15 is 0 Å². The Morgan fingerprint density at radius 3 is 2.42 bits per heavy atom. The van der Waals surface area contributed by atoms with Gasteiger partial charge in [0.2, 0.25) is 0 Å². The van der Waals surface area contributed by atoms with Crippen molar-refractivity contribution in [3.05, 3.63) is 109 Å². The van der Waals surface area contributed by atoms with Crippen LogP contribution in [0.25, 0.3) is 66.0 Å². The maximum atomic E-state index is 6.27. The number of aromatic nitrogens is 1. The first-order valence-corrected chi connectivity index (χ1v) is 12.3. The molecule has 3 nitrogen and oxygen atoms in total. The second-order valence-electron chi connectivity index (χ2n) is 9.68. The molecule has 0 unspecified atom stereocenters. The third-order valence-electron chi connectivity index (χ3n) is 7.60. The Balaban J connectivity index is 1.50. The molecule has 0 aliphatic carbocycles. The average molecular weight is 463 g/mol. The van der Waals surface area contributed by atoms with Crippen LogP contribution in [-0.2, 0) is 6.54 Å². The maximum absolute atomic E-state index is 6.27. The summed E-state index contributed by atoms with van der Waals surface area (Å²) in [6, 6.07) is 36.5. The van der Waals surface area contributed by atoms with Gasteiger partial charge < -0.3 is 9.32 Å². The topological polar surface area (TPSA) is 29.3 Å². The summed E-state index contributed by atoms with van der Waals surface area (Å²) in [5.74, 6) is 0. The van der Waals surface area contributed by atoms with Gasteiger partial charge in [0.25, 0.3) is 0 Å². The molecule has 8 rings (SSSR count). The summed E-state index contributed by atoms with van der Waals surface area (Å²) in [5, 5.41) is 5.77. The minimum atomic E-state index is 0.894. The van der Waals surface area contributed by atoms with E-state index in [-0.39, 0.29) is 0 Å². The fraction of sp³-hybridized carbons (Fsp3) is 0.0606. The van der Waals surface area contributed by atoms with Gasteiger partial charge in [-0.3, -0.25) is 0 Å². The average Bonchev–Trinajstić information content (AvgIpc) is 3.31. The van der Waals surface area contributed by atoms with Gasteiger partial charge in [-0.2, -0.15) is 0 Å². The molecule has 0 bridgehead atoms. The molecule has 170 valence electrons. The van der Waals surface area contributed by atoms with Crippen molar-refractivity contribution in [3.8, 4) is 22.4 Å². The lowest BCUT2D eigenvalue weighted by molar-refractivity contribution is 0.669. The lowest BCUT2D eigenvalue weighted by atomic mass is 9.90. The molecule has 0 fully saturated rings. The van der Waals surface area contributed by atoms with Crippen LogP contribution < -0.4 is 4.90 Å². The summed E-state index contributed by atoms with van der Waals surface area (Å²) < 4.78 is 6.27. The zero-order chi connectivity index (χ0) is 23.8. The molecule has 0 radical (unpaired) electrons. The first-order valence-electron chi connectivity index (χ1n) is 12.3. The number of furan rings is 1. The summed E-state index contributed by atoms with van der Waals surface area (Å²) in [4.78, 5) is 7.61. The second-order valence-corrected chi connectivity index (χ2v) is 9.68. The summed E-state index contributed by atoms with van der Waals surface area (Å²) in [6.07, 6.45) is 0. The van der Waals surface area contributed by atoms with Crippen molar-refractivity contribution >= 4 is 49.3 Å². The standard InChI is InChI=1S/C33H22N2O/c1-35-19-21-8-2-3-9-22(21)24-15-14-20(18-28(24)35)33-32-25(23-10-4-6-12-27(23)34-33)16-17-30-31(32)26-11-5-7-13-29(26)36-30/h2-18H,19H2,1H3. The van der Waals surface area contributed by atoms with Crippen LogP contribution in [0.1, 0.15) is 5.56 Å². The molecule has 3 heteroatoms. The summed E-state index contributed by atoms with van der Waals surface area (Å²) >= 11 is 0. The highest BCUT2D eigenvalue weighted by Crippen LogP contribution is 2.44. The van der Waals surface area contributed by atoms with E-state index in [4.69, 9.17) is 9.40 Å². The summed E-state index contributed by atoms with van der Waals surface area (Å²) in [7, 11) is 2.17.